The highest BCUT2D eigenvalue weighted by atomic mass is 16.6. The Morgan fingerprint density at radius 2 is 1.31 bits per heavy atom. The first-order valence-electron chi connectivity index (χ1n) is 6.59. The number of carboxylic acids is 4. The molecule has 0 heterocycles. The lowest BCUT2D eigenvalue weighted by atomic mass is 9.95. The van der Waals surface area contributed by atoms with Gasteiger partial charge in [0.05, 0.1) is 12.8 Å². The molecule has 0 bridgehead atoms. The molecule has 0 aromatic carbocycles. The maximum Gasteiger partial charge on any atom is 0.347 e. The number of esters is 1. The Labute approximate surface area is 143 Å². The number of aliphatic carboxylic acids is 4. The van der Waals surface area contributed by atoms with Crippen molar-refractivity contribution in [3.8, 4) is 0 Å². The van der Waals surface area contributed by atoms with Crippen LogP contribution in [-0.2, 0) is 28.7 Å². The highest BCUT2D eigenvalue weighted by Crippen LogP contribution is 2.19. The van der Waals surface area contributed by atoms with E-state index in [1.807, 2.05) is 0 Å². The van der Waals surface area contributed by atoms with E-state index < -0.39 is 72.7 Å². The molecule has 0 aromatic rings. The average molecular weight is 384 g/mol. The quantitative estimate of drug-likeness (QED) is 0.157. The number of ether oxygens (including phenoxy) is 1. The molecular weight excluding hydrogens is 368 g/mol. The second kappa shape index (κ2) is 9.04. The SMILES string of the molecule is O=C(O)CC(O)(CC(=O)O[C@H](C(=O)O)[C@@H](O)[C@H](O)[C@@H](O)C(=O)O)C(=O)O. The van der Waals surface area contributed by atoms with E-state index in [1.165, 1.54) is 0 Å². The van der Waals surface area contributed by atoms with E-state index in [9.17, 15) is 39.3 Å². The molecular formula is C12H16O14. The van der Waals surface area contributed by atoms with Crippen molar-refractivity contribution in [2.24, 2.45) is 0 Å². The van der Waals surface area contributed by atoms with Gasteiger partial charge in [0.2, 0.25) is 6.10 Å². The predicted octanol–water partition coefficient (Wildman–Crippen LogP) is -4.17. The van der Waals surface area contributed by atoms with Crippen molar-refractivity contribution in [3.63, 3.8) is 0 Å². The minimum atomic E-state index is -3.16. The van der Waals surface area contributed by atoms with Crippen LogP contribution < -0.4 is 0 Å². The molecule has 0 aliphatic rings. The molecule has 0 fully saturated rings. The summed E-state index contributed by atoms with van der Waals surface area (Å²) in [7, 11) is 0. The summed E-state index contributed by atoms with van der Waals surface area (Å²) in [5.41, 5.74) is -3.16. The largest absolute Gasteiger partial charge is 0.481 e. The minimum Gasteiger partial charge on any atom is -0.481 e. The summed E-state index contributed by atoms with van der Waals surface area (Å²) in [5.74, 6) is -9.88. The molecule has 5 atom stereocenters. The van der Waals surface area contributed by atoms with Gasteiger partial charge in [0.15, 0.2) is 11.7 Å². The molecule has 14 nitrogen and oxygen atoms in total. The Morgan fingerprint density at radius 1 is 0.808 bits per heavy atom. The van der Waals surface area contributed by atoms with Gasteiger partial charge in [0, 0.05) is 0 Å². The molecule has 148 valence electrons. The third-order valence-electron chi connectivity index (χ3n) is 3.02. The second-order valence-electron chi connectivity index (χ2n) is 5.10. The molecule has 0 radical (unpaired) electrons. The summed E-state index contributed by atoms with van der Waals surface area (Å²) >= 11 is 0. The van der Waals surface area contributed by atoms with Gasteiger partial charge in [-0.2, -0.15) is 0 Å². The number of carbonyl (C=O) groups excluding carboxylic acids is 1. The number of aliphatic hydroxyl groups is 4. The van der Waals surface area contributed by atoms with Crippen molar-refractivity contribution in [2.75, 3.05) is 0 Å². The zero-order valence-corrected chi connectivity index (χ0v) is 12.8. The van der Waals surface area contributed by atoms with Crippen LogP contribution in [0.2, 0.25) is 0 Å². The monoisotopic (exact) mass is 384 g/mol. The van der Waals surface area contributed by atoms with Crippen LogP contribution >= 0.6 is 0 Å². The van der Waals surface area contributed by atoms with E-state index in [4.69, 9.17) is 25.5 Å². The van der Waals surface area contributed by atoms with Gasteiger partial charge in [-0.1, -0.05) is 0 Å². The van der Waals surface area contributed by atoms with Gasteiger partial charge in [0.25, 0.3) is 0 Å². The number of hydrogen-bond acceptors (Lipinski definition) is 10. The second-order valence-corrected chi connectivity index (χ2v) is 5.10. The fourth-order valence-corrected chi connectivity index (χ4v) is 1.66. The van der Waals surface area contributed by atoms with Crippen molar-refractivity contribution < 1.29 is 69.6 Å². The number of carbonyl (C=O) groups is 5. The van der Waals surface area contributed by atoms with Gasteiger partial charge >= 0.3 is 29.8 Å². The van der Waals surface area contributed by atoms with Crippen molar-refractivity contribution in [3.05, 3.63) is 0 Å². The third kappa shape index (κ3) is 6.25. The minimum absolute atomic E-state index is 1.45. The topological polar surface area (TPSA) is 256 Å². The predicted molar refractivity (Wildman–Crippen MR) is 72.6 cm³/mol. The first-order chi connectivity index (χ1) is 11.7. The van der Waals surface area contributed by atoms with Crippen LogP contribution in [0.25, 0.3) is 0 Å². The molecule has 1 unspecified atom stereocenters. The molecule has 0 aliphatic heterocycles. The van der Waals surface area contributed by atoms with Crippen molar-refractivity contribution in [2.45, 2.75) is 42.9 Å². The Hall–Kier alpha value is -2.81. The average Bonchev–Trinajstić information content (AvgIpc) is 2.48. The van der Waals surface area contributed by atoms with E-state index in [0.717, 1.165) is 0 Å². The van der Waals surface area contributed by atoms with Crippen LogP contribution in [0, 0.1) is 0 Å². The van der Waals surface area contributed by atoms with E-state index in [1.54, 1.807) is 0 Å². The van der Waals surface area contributed by atoms with Crippen molar-refractivity contribution in [1.29, 1.82) is 0 Å². The van der Waals surface area contributed by atoms with Crippen molar-refractivity contribution >= 4 is 29.8 Å². The molecule has 0 aromatic heterocycles. The van der Waals surface area contributed by atoms with Crippen molar-refractivity contribution in [1.82, 2.24) is 0 Å². The molecule has 0 saturated heterocycles. The van der Waals surface area contributed by atoms with Crippen LogP contribution in [0.1, 0.15) is 12.8 Å². The zero-order chi connectivity index (χ0) is 20.8. The van der Waals surface area contributed by atoms with Gasteiger partial charge < -0.3 is 45.6 Å². The highest BCUT2D eigenvalue weighted by molar-refractivity contribution is 5.89. The summed E-state index contributed by atoms with van der Waals surface area (Å²) < 4.78 is 4.18. The van der Waals surface area contributed by atoms with Crippen LogP contribution in [0.4, 0.5) is 0 Å². The third-order valence-corrected chi connectivity index (χ3v) is 3.02. The van der Waals surface area contributed by atoms with E-state index in [0.29, 0.717) is 0 Å². The standard InChI is InChI=1S/C12H16O14/c13-3(14)1-12(25,11(23)24)2-4(15)26-8(10(21)22)6(17)5(16)7(18)9(19)20/h5-8,16-18,25H,1-2H2,(H,13,14)(H,19,20)(H,21,22)(H,23,24)/t5-,6-,7+,8-,12?/m0/s1. The molecule has 14 heteroatoms. The summed E-state index contributed by atoms with van der Waals surface area (Å²) in [6, 6.07) is 0. The first kappa shape index (κ1) is 23.2. The summed E-state index contributed by atoms with van der Waals surface area (Å²) in [6.07, 6.45) is -13.6. The van der Waals surface area contributed by atoms with E-state index >= 15 is 0 Å². The summed E-state index contributed by atoms with van der Waals surface area (Å²) in [6.45, 7) is 0. The number of aliphatic hydroxyl groups excluding tert-OH is 3. The van der Waals surface area contributed by atoms with Crippen LogP contribution in [0.3, 0.4) is 0 Å². The maximum atomic E-state index is 11.6. The molecule has 0 spiro atoms. The lowest BCUT2D eigenvalue weighted by Crippen LogP contribution is -2.52. The molecule has 0 rings (SSSR count). The highest BCUT2D eigenvalue weighted by Gasteiger charge is 2.45. The number of hydrogen-bond donors (Lipinski definition) is 8. The fraction of sp³-hybridized carbons (Fsp3) is 0.583. The molecule has 0 saturated carbocycles. The van der Waals surface area contributed by atoms with Gasteiger partial charge in [-0.3, -0.25) is 9.59 Å². The lowest BCUT2D eigenvalue weighted by Gasteiger charge is -2.26. The normalized spacial score (nSPS) is 17.8. The van der Waals surface area contributed by atoms with Gasteiger partial charge in [-0.25, -0.2) is 14.4 Å². The zero-order valence-electron chi connectivity index (χ0n) is 12.8. The Balaban J connectivity index is 5.30. The number of rotatable bonds is 11. The first-order valence-corrected chi connectivity index (χ1v) is 6.59. The molecule has 0 amide bonds. The van der Waals surface area contributed by atoms with Gasteiger partial charge in [0.1, 0.15) is 12.2 Å². The summed E-state index contributed by atoms with van der Waals surface area (Å²) in [4.78, 5) is 54.5. The van der Waals surface area contributed by atoms with E-state index in [-0.39, 0.29) is 0 Å². The van der Waals surface area contributed by atoms with Gasteiger partial charge in [-0.15, -0.1) is 0 Å². The van der Waals surface area contributed by atoms with Gasteiger partial charge in [-0.05, 0) is 0 Å². The van der Waals surface area contributed by atoms with E-state index in [2.05, 4.69) is 4.74 Å². The van der Waals surface area contributed by atoms with Crippen LogP contribution in [0.15, 0.2) is 0 Å². The Bertz CT molecular complexity index is 584. The lowest BCUT2D eigenvalue weighted by molar-refractivity contribution is -0.189. The molecule has 0 aliphatic carbocycles. The fourth-order valence-electron chi connectivity index (χ4n) is 1.66. The Morgan fingerprint density at radius 3 is 1.65 bits per heavy atom. The van der Waals surface area contributed by atoms with Crippen LogP contribution in [0.5, 0.6) is 0 Å². The molecule has 26 heavy (non-hydrogen) atoms. The van der Waals surface area contributed by atoms with Crippen LogP contribution in [-0.4, -0.2) is 101 Å². The maximum absolute atomic E-state index is 11.6. The number of carboxylic acid groups (broad SMARTS) is 4. The summed E-state index contributed by atoms with van der Waals surface area (Å²) in [5, 5.41) is 72.3. The Kier molecular flexibility index (Phi) is 8.07. The molecule has 8 N–H and O–H groups in total. The smallest absolute Gasteiger partial charge is 0.347 e.